The van der Waals surface area contributed by atoms with Crippen molar-refractivity contribution in [1.82, 2.24) is 9.80 Å². The topological polar surface area (TPSA) is 31.2 Å². The quantitative estimate of drug-likeness (QED) is 0.625. The van der Waals surface area contributed by atoms with Gasteiger partial charge in [0.05, 0.1) is 5.69 Å². The summed E-state index contributed by atoms with van der Waals surface area (Å²) < 4.78 is 0. The third kappa shape index (κ3) is 3.59. The van der Waals surface area contributed by atoms with Gasteiger partial charge in [-0.05, 0) is 32.4 Å². The zero-order chi connectivity index (χ0) is 14.4. The van der Waals surface area contributed by atoms with Gasteiger partial charge in [-0.25, -0.2) is 4.99 Å². The van der Waals surface area contributed by atoms with E-state index < -0.39 is 0 Å². The summed E-state index contributed by atoms with van der Waals surface area (Å²) in [5, 5.41) is 0. The molecule has 20 heavy (non-hydrogen) atoms. The van der Waals surface area contributed by atoms with E-state index in [1.165, 1.54) is 6.42 Å². The highest BCUT2D eigenvalue weighted by atomic mass is 15.3. The highest BCUT2D eigenvalue weighted by molar-refractivity contribution is 5.97. The molecule has 1 aliphatic heterocycles. The lowest BCUT2D eigenvalue weighted by molar-refractivity contribution is 0.459. The minimum atomic E-state index is 0.824. The van der Waals surface area contributed by atoms with Crippen LogP contribution in [0.15, 0.2) is 40.3 Å². The van der Waals surface area contributed by atoms with Crippen molar-refractivity contribution in [1.29, 1.82) is 0 Å². The van der Waals surface area contributed by atoms with Crippen molar-refractivity contribution in [3.63, 3.8) is 0 Å². The molecule has 0 N–H and O–H groups in total. The van der Waals surface area contributed by atoms with Crippen LogP contribution in [-0.4, -0.2) is 48.3 Å². The Morgan fingerprint density at radius 1 is 1.20 bits per heavy atom. The van der Waals surface area contributed by atoms with Crippen LogP contribution in [0.25, 0.3) is 0 Å². The first-order valence-corrected chi connectivity index (χ1v) is 7.42. The van der Waals surface area contributed by atoms with Crippen molar-refractivity contribution in [2.75, 3.05) is 26.7 Å². The van der Waals surface area contributed by atoms with Crippen LogP contribution in [-0.2, 0) is 0 Å². The predicted molar refractivity (Wildman–Crippen MR) is 85.8 cm³/mol. The molecule has 1 saturated heterocycles. The molecule has 0 saturated carbocycles. The molecule has 0 spiro atoms. The molecule has 108 valence electrons. The first-order chi connectivity index (χ1) is 9.74. The van der Waals surface area contributed by atoms with Gasteiger partial charge in [-0.15, -0.1) is 0 Å². The normalized spacial score (nSPS) is 17.9. The Kier molecular flexibility index (Phi) is 5.16. The third-order valence-corrected chi connectivity index (χ3v) is 3.60. The van der Waals surface area contributed by atoms with Crippen molar-refractivity contribution in [2.45, 2.75) is 26.7 Å². The summed E-state index contributed by atoms with van der Waals surface area (Å²) in [5.74, 6) is 1.97. The molecule has 0 radical (unpaired) electrons. The number of guanidine groups is 1. The number of aliphatic imine (C=N–C) groups is 2. The summed E-state index contributed by atoms with van der Waals surface area (Å²) in [5.41, 5.74) is 0.958. The molecular formula is C16H24N4. The predicted octanol–water partition coefficient (Wildman–Crippen LogP) is 3.14. The molecule has 1 aromatic rings. The fraction of sp³-hybridized carbons (Fsp3) is 0.500. The van der Waals surface area contributed by atoms with Gasteiger partial charge < -0.3 is 9.80 Å². The second-order valence-corrected chi connectivity index (χ2v) is 4.97. The Labute approximate surface area is 121 Å². The number of likely N-dealkylation sites (tertiary alicyclic amines) is 1. The minimum Gasteiger partial charge on any atom is -0.363 e. The monoisotopic (exact) mass is 272 g/mol. The van der Waals surface area contributed by atoms with Crippen molar-refractivity contribution in [3.8, 4) is 0 Å². The van der Waals surface area contributed by atoms with Crippen molar-refractivity contribution in [2.24, 2.45) is 9.98 Å². The number of hydrogen-bond donors (Lipinski definition) is 0. The second-order valence-electron chi connectivity index (χ2n) is 4.97. The van der Waals surface area contributed by atoms with Crippen molar-refractivity contribution < 1.29 is 0 Å². The highest BCUT2D eigenvalue weighted by Crippen LogP contribution is 2.14. The molecule has 0 atom stereocenters. The number of nitrogens with zero attached hydrogens (tertiary/aromatic N) is 4. The number of benzene rings is 1. The summed E-state index contributed by atoms with van der Waals surface area (Å²) >= 11 is 0. The first-order valence-electron chi connectivity index (χ1n) is 7.42. The molecule has 1 aromatic carbocycles. The maximum Gasteiger partial charge on any atom is 0.227 e. The largest absolute Gasteiger partial charge is 0.363 e. The molecule has 1 fully saturated rings. The summed E-state index contributed by atoms with van der Waals surface area (Å²) in [6.45, 7) is 7.21. The average Bonchev–Trinajstić information content (AvgIpc) is 2.87. The Morgan fingerprint density at radius 2 is 1.90 bits per heavy atom. The molecule has 2 rings (SSSR count). The van der Waals surface area contributed by atoms with E-state index in [1.807, 2.05) is 30.3 Å². The maximum atomic E-state index is 4.81. The van der Waals surface area contributed by atoms with Crippen LogP contribution in [0, 0.1) is 0 Å². The van der Waals surface area contributed by atoms with E-state index in [9.17, 15) is 0 Å². The van der Waals surface area contributed by atoms with Gasteiger partial charge in [0, 0.05) is 33.1 Å². The van der Waals surface area contributed by atoms with Crippen LogP contribution in [0.3, 0.4) is 0 Å². The van der Waals surface area contributed by atoms with Crippen LogP contribution in [0.2, 0.25) is 0 Å². The minimum absolute atomic E-state index is 0.824. The molecule has 1 heterocycles. The van der Waals surface area contributed by atoms with Crippen LogP contribution in [0.5, 0.6) is 0 Å². The Morgan fingerprint density at radius 3 is 2.45 bits per heavy atom. The van der Waals surface area contributed by atoms with Gasteiger partial charge >= 0.3 is 0 Å². The zero-order valence-corrected chi connectivity index (χ0v) is 12.7. The highest BCUT2D eigenvalue weighted by Gasteiger charge is 2.16. The molecular weight excluding hydrogens is 248 g/mol. The average molecular weight is 272 g/mol. The van der Waals surface area contributed by atoms with Crippen LogP contribution in [0.1, 0.15) is 26.7 Å². The van der Waals surface area contributed by atoms with Gasteiger partial charge in [0.2, 0.25) is 5.96 Å². The van der Waals surface area contributed by atoms with Crippen LogP contribution >= 0.6 is 0 Å². The van der Waals surface area contributed by atoms with Gasteiger partial charge in [-0.1, -0.05) is 18.2 Å². The van der Waals surface area contributed by atoms with E-state index in [2.05, 4.69) is 30.7 Å². The number of rotatable bonds is 3. The van der Waals surface area contributed by atoms with Crippen molar-refractivity contribution >= 4 is 17.5 Å². The zero-order valence-electron chi connectivity index (χ0n) is 12.7. The third-order valence-electron chi connectivity index (χ3n) is 3.60. The Hall–Kier alpha value is -1.84. The first kappa shape index (κ1) is 14.6. The summed E-state index contributed by atoms with van der Waals surface area (Å²) in [6, 6.07) is 10.1. The molecule has 0 bridgehead atoms. The molecule has 0 amide bonds. The van der Waals surface area contributed by atoms with Crippen molar-refractivity contribution in [3.05, 3.63) is 30.3 Å². The van der Waals surface area contributed by atoms with Gasteiger partial charge in [0.25, 0.3) is 0 Å². The molecule has 0 aliphatic carbocycles. The summed E-state index contributed by atoms with van der Waals surface area (Å²) in [7, 11) is 2.11. The second kappa shape index (κ2) is 7.08. The molecule has 0 unspecified atom stereocenters. The van der Waals surface area contributed by atoms with Gasteiger partial charge in [-0.3, -0.25) is 0 Å². The molecule has 1 aliphatic rings. The smallest absolute Gasteiger partial charge is 0.227 e. The SMILES string of the molecule is CCN(CC)C(N=C1CCCN1C)=Nc1ccccc1. The number of para-hydroxylation sites is 1. The number of amidine groups is 1. The fourth-order valence-corrected chi connectivity index (χ4v) is 2.34. The van der Waals surface area contributed by atoms with E-state index in [0.29, 0.717) is 0 Å². The maximum absolute atomic E-state index is 4.81. The fourth-order valence-electron chi connectivity index (χ4n) is 2.34. The molecule has 0 aromatic heterocycles. The van der Waals surface area contributed by atoms with Crippen LogP contribution < -0.4 is 0 Å². The van der Waals surface area contributed by atoms with Gasteiger partial charge in [-0.2, -0.15) is 4.99 Å². The van der Waals surface area contributed by atoms with E-state index in [-0.39, 0.29) is 0 Å². The lowest BCUT2D eigenvalue weighted by Gasteiger charge is -2.21. The summed E-state index contributed by atoms with van der Waals surface area (Å²) in [6.07, 6.45) is 2.23. The van der Waals surface area contributed by atoms with E-state index in [4.69, 9.17) is 9.98 Å². The van der Waals surface area contributed by atoms with E-state index in [1.54, 1.807) is 0 Å². The molecule has 4 nitrogen and oxygen atoms in total. The Bertz CT molecular complexity index is 475. The number of hydrogen-bond acceptors (Lipinski definition) is 1. The molecule has 4 heteroatoms. The standard InChI is InChI=1S/C16H24N4/c1-4-20(5-2)16(17-14-10-7-6-8-11-14)18-15-12-9-13-19(15)3/h6-8,10-11H,4-5,9,12-13H2,1-3H3. The van der Waals surface area contributed by atoms with Crippen LogP contribution in [0.4, 0.5) is 5.69 Å². The summed E-state index contributed by atoms with van der Waals surface area (Å²) in [4.78, 5) is 14.0. The Balaban J connectivity index is 2.32. The lowest BCUT2D eigenvalue weighted by atomic mass is 10.3. The van der Waals surface area contributed by atoms with Gasteiger partial charge in [0.1, 0.15) is 5.84 Å². The lowest BCUT2D eigenvalue weighted by Crippen LogP contribution is -2.31. The van der Waals surface area contributed by atoms with E-state index in [0.717, 1.165) is 43.5 Å². The van der Waals surface area contributed by atoms with Gasteiger partial charge in [0.15, 0.2) is 0 Å². The van der Waals surface area contributed by atoms with E-state index >= 15 is 0 Å².